The molecule has 3 aromatic carbocycles. The first kappa shape index (κ1) is 26.5. The monoisotopic (exact) mass is 530 g/mol. The van der Waals surface area contributed by atoms with Gasteiger partial charge in [0, 0.05) is 24.8 Å². The molecule has 1 atom stereocenters. The van der Waals surface area contributed by atoms with E-state index in [9.17, 15) is 24.8 Å². The molecule has 3 saturated heterocycles. The zero-order chi connectivity index (χ0) is 27.5. The average Bonchev–Trinajstić information content (AvgIpc) is 2.98. The summed E-state index contributed by atoms with van der Waals surface area (Å²) in [5.74, 6) is -0.959. The normalized spacial score (nSPS) is 22.2. The van der Waals surface area contributed by atoms with Crippen LogP contribution < -0.4 is 5.32 Å². The largest absolute Gasteiger partial charge is 0.453 e. The number of ether oxygens (including phenoxy) is 1. The number of hydrogen-bond donors (Lipinski definition) is 2. The fourth-order valence-electron chi connectivity index (χ4n) is 5.98. The van der Waals surface area contributed by atoms with Crippen molar-refractivity contribution >= 4 is 17.6 Å². The summed E-state index contributed by atoms with van der Waals surface area (Å²) in [4.78, 5) is 37.1. The molecule has 3 fully saturated rings. The number of quaternary nitrogens is 1. The number of fused-ring (bicyclic) bond motifs is 3. The lowest BCUT2D eigenvalue weighted by Crippen LogP contribution is -2.66. The summed E-state index contributed by atoms with van der Waals surface area (Å²) in [6.07, 6.45) is 1.40. The number of carbonyl (C=O) groups is 2. The maximum absolute atomic E-state index is 13.7. The predicted octanol–water partition coefficient (Wildman–Crippen LogP) is 3.41. The highest BCUT2D eigenvalue weighted by atomic mass is 16.6. The Morgan fingerprint density at radius 2 is 1.51 bits per heavy atom. The molecule has 3 aliphatic heterocycles. The van der Waals surface area contributed by atoms with E-state index in [1.54, 1.807) is 54.6 Å². The van der Waals surface area contributed by atoms with Crippen molar-refractivity contribution in [2.45, 2.75) is 24.5 Å². The van der Waals surface area contributed by atoms with Gasteiger partial charge in [0.05, 0.1) is 31.1 Å². The van der Waals surface area contributed by atoms with Crippen molar-refractivity contribution in [2.75, 3.05) is 32.7 Å². The van der Waals surface area contributed by atoms with Crippen LogP contribution in [0, 0.1) is 16.0 Å². The van der Waals surface area contributed by atoms with Crippen LogP contribution in [0.5, 0.6) is 0 Å². The van der Waals surface area contributed by atoms with E-state index < -0.39 is 22.4 Å². The van der Waals surface area contributed by atoms with E-state index in [0.29, 0.717) is 35.2 Å². The van der Waals surface area contributed by atoms with Crippen molar-refractivity contribution in [3.63, 3.8) is 0 Å². The molecule has 9 heteroatoms. The summed E-state index contributed by atoms with van der Waals surface area (Å²) in [6.45, 7) is 3.36. The van der Waals surface area contributed by atoms with E-state index in [1.165, 1.54) is 18.2 Å². The van der Waals surface area contributed by atoms with Gasteiger partial charge in [0.1, 0.15) is 12.1 Å². The molecule has 1 amide bonds. The Labute approximate surface area is 226 Å². The van der Waals surface area contributed by atoms with Gasteiger partial charge in [-0.3, -0.25) is 14.9 Å². The Balaban J connectivity index is 1.27. The number of carbonyl (C=O) groups excluding carboxylic acids is 2. The van der Waals surface area contributed by atoms with Crippen LogP contribution in [0.2, 0.25) is 0 Å². The molecule has 3 heterocycles. The molecule has 0 aliphatic carbocycles. The SMILES string of the molecule is O=C(NCC[N+]12CCC(CC1)[C@@H](OC(=O)C(O)(c1ccccc1)c1ccccc1)C2)c1ccccc1[N+](=O)[O-]. The molecule has 202 valence electrons. The minimum Gasteiger partial charge on any atom is -0.453 e. The van der Waals surface area contributed by atoms with Crippen molar-refractivity contribution in [3.8, 4) is 0 Å². The summed E-state index contributed by atoms with van der Waals surface area (Å²) in [5, 5.41) is 25.9. The molecule has 0 aromatic heterocycles. The smallest absolute Gasteiger partial charge is 0.348 e. The van der Waals surface area contributed by atoms with E-state index in [4.69, 9.17) is 4.74 Å². The molecule has 9 nitrogen and oxygen atoms in total. The number of benzene rings is 3. The van der Waals surface area contributed by atoms with Gasteiger partial charge in [0.15, 0.2) is 6.10 Å². The summed E-state index contributed by atoms with van der Waals surface area (Å²) in [6, 6.07) is 23.6. The summed E-state index contributed by atoms with van der Waals surface area (Å²) in [5.41, 5.74) is -1.23. The third kappa shape index (κ3) is 5.28. The molecule has 3 aliphatic rings. The number of piperidine rings is 3. The zero-order valence-corrected chi connectivity index (χ0v) is 21.6. The van der Waals surface area contributed by atoms with Crippen molar-refractivity contribution < 1.29 is 28.8 Å². The number of nitro benzene ring substituents is 1. The van der Waals surface area contributed by atoms with Crippen LogP contribution in [0.15, 0.2) is 84.9 Å². The van der Waals surface area contributed by atoms with Gasteiger partial charge >= 0.3 is 5.97 Å². The van der Waals surface area contributed by atoms with Gasteiger partial charge in [0.25, 0.3) is 11.6 Å². The topological polar surface area (TPSA) is 119 Å². The van der Waals surface area contributed by atoms with Crippen LogP contribution in [0.3, 0.4) is 0 Å². The molecule has 6 rings (SSSR count). The third-order valence-electron chi connectivity index (χ3n) is 8.20. The summed E-state index contributed by atoms with van der Waals surface area (Å²) < 4.78 is 6.78. The predicted molar refractivity (Wildman–Crippen MR) is 144 cm³/mol. The van der Waals surface area contributed by atoms with Gasteiger partial charge in [-0.1, -0.05) is 72.8 Å². The third-order valence-corrected chi connectivity index (χ3v) is 8.20. The van der Waals surface area contributed by atoms with Gasteiger partial charge in [-0.25, -0.2) is 4.79 Å². The van der Waals surface area contributed by atoms with Gasteiger partial charge in [0.2, 0.25) is 5.60 Å². The quantitative estimate of drug-likeness (QED) is 0.189. The Hall–Kier alpha value is -4.08. The summed E-state index contributed by atoms with van der Waals surface area (Å²) in [7, 11) is 0. The molecule has 0 radical (unpaired) electrons. The highest BCUT2D eigenvalue weighted by Crippen LogP contribution is 2.38. The van der Waals surface area contributed by atoms with E-state index in [2.05, 4.69) is 5.32 Å². The maximum Gasteiger partial charge on any atom is 0.348 e. The van der Waals surface area contributed by atoms with Crippen LogP contribution in [0.1, 0.15) is 34.3 Å². The van der Waals surface area contributed by atoms with Gasteiger partial charge in [-0.05, 0) is 17.2 Å². The van der Waals surface area contributed by atoms with E-state index >= 15 is 0 Å². The lowest BCUT2D eigenvalue weighted by atomic mass is 9.82. The Morgan fingerprint density at radius 1 is 0.949 bits per heavy atom. The molecule has 39 heavy (non-hydrogen) atoms. The molecular formula is C30H32N3O6+. The molecule has 0 spiro atoms. The minimum absolute atomic E-state index is 0.0350. The van der Waals surface area contributed by atoms with E-state index in [-0.39, 0.29) is 23.3 Å². The van der Waals surface area contributed by atoms with Crippen molar-refractivity contribution in [1.29, 1.82) is 0 Å². The minimum atomic E-state index is -1.93. The van der Waals surface area contributed by atoms with Crippen LogP contribution in [0.4, 0.5) is 5.69 Å². The molecule has 0 unspecified atom stereocenters. The first-order valence-electron chi connectivity index (χ1n) is 13.2. The molecule has 0 saturated carbocycles. The standard InChI is InChI=1S/C30H31N3O6/c34-28(25-13-7-8-14-26(25)32(37)38)31-17-20-33-18-15-22(16-19-33)27(21-33)39-29(35)30(36,23-9-3-1-4-10-23)24-11-5-2-6-12-24/h1-14,22,27,36H,15-21H2/p+1/t22?,27-,33?/m0/s1. The van der Waals surface area contributed by atoms with Gasteiger partial charge in [-0.15, -0.1) is 0 Å². The lowest BCUT2D eigenvalue weighted by molar-refractivity contribution is -0.945. The van der Waals surface area contributed by atoms with Crippen molar-refractivity contribution in [2.24, 2.45) is 5.92 Å². The fourth-order valence-corrected chi connectivity index (χ4v) is 5.98. The van der Waals surface area contributed by atoms with Gasteiger partial charge in [-0.2, -0.15) is 0 Å². The second kappa shape index (κ2) is 11.0. The van der Waals surface area contributed by atoms with E-state index in [1.807, 2.05) is 12.1 Å². The second-order valence-electron chi connectivity index (χ2n) is 10.4. The number of para-hydroxylation sites is 1. The van der Waals surface area contributed by atoms with Crippen LogP contribution >= 0.6 is 0 Å². The van der Waals surface area contributed by atoms with Crippen LogP contribution in [-0.4, -0.2) is 65.2 Å². The number of amides is 1. The Kier molecular flexibility index (Phi) is 7.45. The van der Waals surface area contributed by atoms with Crippen molar-refractivity contribution in [1.82, 2.24) is 5.32 Å². The maximum atomic E-state index is 13.7. The fraction of sp³-hybridized carbons (Fsp3) is 0.333. The highest BCUT2D eigenvalue weighted by Gasteiger charge is 2.50. The number of nitro groups is 1. The Bertz CT molecular complexity index is 1300. The average molecular weight is 531 g/mol. The van der Waals surface area contributed by atoms with Crippen LogP contribution in [-0.2, 0) is 15.1 Å². The number of esters is 1. The van der Waals surface area contributed by atoms with E-state index in [0.717, 1.165) is 25.9 Å². The number of nitrogens with one attached hydrogen (secondary N) is 1. The summed E-state index contributed by atoms with van der Waals surface area (Å²) >= 11 is 0. The van der Waals surface area contributed by atoms with Gasteiger partial charge < -0.3 is 19.6 Å². The van der Waals surface area contributed by atoms with Crippen LogP contribution in [0.25, 0.3) is 0 Å². The first-order chi connectivity index (χ1) is 18.8. The number of rotatable bonds is 9. The zero-order valence-electron chi connectivity index (χ0n) is 21.6. The highest BCUT2D eigenvalue weighted by molar-refractivity contribution is 5.98. The number of nitrogens with zero attached hydrogens (tertiary/aromatic N) is 2. The van der Waals surface area contributed by atoms with Crippen molar-refractivity contribution in [3.05, 3.63) is 112 Å². The number of aliphatic hydroxyl groups is 1. The molecule has 2 bridgehead atoms. The Morgan fingerprint density at radius 3 is 2.10 bits per heavy atom. The first-order valence-corrected chi connectivity index (χ1v) is 13.2. The number of hydrogen-bond acceptors (Lipinski definition) is 6. The molecular weight excluding hydrogens is 498 g/mol. The molecule has 2 N–H and O–H groups in total. The molecule has 3 aromatic rings. The lowest BCUT2D eigenvalue weighted by Gasteiger charge is -2.52. The second-order valence-corrected chi connectivity index (χ2v) is 10.4.